The molecule has 11 heteroatoms. The average molecular weight is 648 g/mol. The minimum absolute atomic E-state index is 0.154. The molecule has 2 aromatic rings. The molecule has 250 valence electrons. The quantitative estimate of drug-likeness (QED) is 0.331. The number of piperidine rings is 1. The summed E-state index contributed by atoms with van der Waals surface area (Å²) < 4.78 is 28.8. The second-order valence-corrected chi connectivity index (χ2v) is 13.9. The number of likely N-dealkylation sites (tertiary alicyclic amines) is 1. The van der Waals surface area contributed by atoms with Gasteiger partial charge in [-0.25, -0.2) is 9.59 Å². The van der Waals surface area contributed by atoms with Gasteiger partial charge in [0.05, 0.1) is 17.4 Å². The maximum Gasteiger partial charge on any atom is 0.357 e. The fraction of sp³-hybridized carbons (Fsp3) is 0.500. The van der Waals surface area contributed by atoms with E-state index >= 15 is 0 Å². The summed E-state index contributed by atoms with van der Waals surface area (Å²) in [5.41, 5.74) is 0.489. The number of carbonyl (C=O) groups is 4. The minimum Gasteiger partial charge on any atom is -0.481 e. The third-order valence-corrected chi connectivity index (χ3v) is 9.68. The zero-order chi connectivity index (χ0) is 33.9. The van der Waals surface area contributed by atoms with Gasteiger partial charge in [0.1, 0.15) is 17.1 Å². The van der Waals surface area contributed by atoms with Crippen molar-refractivity contribution in [3.05, 3.63) is 76.6 Å². The van der Waals surface area contributed by atoms with Gasteiger partial charge in [-0.05, 0) is 71.3 Å². The number of carbonyl (C=O) groups excluding carboxylic acids is 4. The number of aliphatic hydroxyl groups is 1. The van der Waals surface area contributed by atoms with E-state index < -0.39 is 65.2 Å². The second kappa shape index (κ2) is 11.8. The Morgan fingerprint density at radius 2 is 1.79 bits per heavy atom. The van der Waals surface area contributed by atoms with Crippen molar-refractivity contribution in [1.29, 1.82) is 0 Å². The summed E-state index contributed by atoms with van der Waals surface area (Å²) in [4.78, 5) is 54.1. The lowest BCUT2D eigenvalue weighted by molar-refractivity contribution is -0.184. The van der Waals surface area contributed by atoms with E-state index in [1.165, 1.54) is 0 Å². The van der Waals surface area contributed by atoms with Gasteiger partial charge in [-0.1, -0.05) is 42.5 Å². The van der Waals surface area contributed by atoms with E-state index in [-0.39, 0.29) is 18.2 Å². The van der Waals surface area contributed by atoms with E-state index in [0.717, 1.165) is 30.2 Å². The van der Waals surface area contributed by atoms with Crippen LogP contribution in [0.5, 0.6) is 5.75 Å². The Morgan fingerprint density at radius 1 is 1.06 bits per heavy atom. The van der Waals surface area contributed by atoms with E-state index in [2.05, 4.69) is 11.0 Å². The number of likely N-dealkylation sites (N-methyl/N-ethyl adjacent to an activating group) is 1. The van der Waals surface area contributed by atoms with Crippen molar-refractivity contribution in [2.75, 3.05) is 13.6 Å². The van der Waals surface area contributed by atoms with Crippen LogP contribution in [0.4, 0.5) is 0 Å². The average Bonchev–Trinajstić information content (AvgIpc) is 3.35. The van der Waals surface area contributed by atoms with E-state index in [0.29, 0.717) is 24.2 Å². The summed E-state index contributed by atoms with van der Waals surface area (Å²) in [6, 6.07) is 12.2. The first-order valence-electron chi connectivity index (χ1n) is 15.9. The number of hydrogen-bond donors (Lipinski definition) is 1. The molecule has 11 nitrogen and oxygen atoms in total. The molecular formula is C36H41NO10. The summed E-state index contributed by atoms with van der Waals surface area (Å²) in [6.07, 6.45) is -1.42. The minimum atomic E-state index is -1.66. The molecule has 2 bridgehead atoms. The standard InChI is InChI=1S/C36H41NO10/c1-20-12-13-23-18-26-36(42)15-14-24(31-35(36,16-17-37(26)6)28(23)29(20)45-31)44-33(41)30(22-10-8-7-9-11-22)46-32(40)25(43-21(2)38)19-27(39)47-34(3,4)5/h7-14,25-26,30-31,42H,15-19H2,1-6H3/t25-,26+,30-,31-,35-,36+/m0/s1. The Labute approximate surface area is 273 Å². The van der Waals surface area contributed by atoms with Gasteiger partial charge < -0.3 is 33.7 Å². The highest BCUT2D eigenvalue weighted by atomic mass is 16.6. The highest BCUT2D eigenvalue weighted by molar-refractivity contribution is 5.87. The third-order valence-electron chi connectivity index (χ3n) is 9.68. The van der Waals surface area contributed by atoms with Crippen LogP contribution in [0.3, 0.4) is 0 Å². The van der Waals surface area contributed by atoms with Gasteiger partial charge in [0.15, 0.2) is 6.10 Å². The normalized spacial score (nSPS) is 26.9. The van der Waals surface area contributed by atoms with Crippen LogP contribution in [0.15, 0.2) is 54.3 Å². The number of hydrogen-bond acceptors (Lipinski definition) is 11. The van der Waals surface area contributed by atoms with E-state index in [1.54, 1.807) is 57.2 Å². The molecule has 4 aliphatic rings. The van der Waals surface area contributed by atoms with Crippen LogP contribution in [0.25, 0.3) is 0 Å². The van der Waals surface area contributed by atoms with Gasteiger partial charge in [0.2, 0.25) is 12.2 Å². The van der Waals surface area contributed by atoms with Crippen LogP contribution >= 0.6 is 0 Å². The Hall–Kier alpha value is -4.22. The number of esters is 4. The zero-order valence-electron chi connectivity index (χ0n) is 27.5. The number of benzene rings is 2. The second-order valence-electron chi connectivity index (χ2n) is 13.9. The maximum absolute atomic E-state index is 14.0. The molecule has 1 fully saturated rings. The Balaban J connectivity index is 1.30. The Morgan fingerprint density at radius 3 is 2.47 bits per heavy atom. The number of rotatable bonds is 8. The smallest absolute Gasteiger partial charge is 0.357 e. The van der Waals surface area contributed by atoms with Crippen LogP contribution in [-0.2, 0) is 50.0 Å². The van der Waals surface area contributed by atoms with Crippen LogP contribution in [0.2, 0.25) is 0 Å². The number of nitrogens with zero attached hydrogens (tertiary/aromatic N) is 1. The molecular weight excluding hydrogens is 606 g/mol. The van der Waals surface area contributed by atoms with Crippen LogP contribution in [-0.4, -0.2) is 76.9 Å². The molecule has 1 spiro atoms. The van der Waals surface area contributed by atoms with Crippen molar-refractivity contribution in [2.24, 2.45) is 0 Å². The van der Waals surface area contributed by atoms with E-state index in [9.17, 15) is 24.3 Å². The first-order chi connectivity index (χ1) is 22.1. The van der Waals surface area contributed by atoms with Crippen molar-refractivity contribution in [3.63, 3.8) is 0 Å². The SMILES string of the molecule is CC(=O)O[C@@H](CC(=O)OC(C)(C)C)C(=O)O[C@H](C(=O)OC1=CC[C@@]2(O)[C@H]3Cc4ccc(C)c5c4[C@@]2(CCN3C)[C@H]1O5)c1ccccc1. The highest BCUT2D eigenvalue weighted by Crippen LogP contribution is 2.64. The van der Waals surface area contributed by atoms with Gasteiger partial charge in [-0.2, -0.15) is 0 Å². The predicted octanol–water partition coefficient (Wildman–Crippen LogP) is 3.76. The summed E-state index contributed by atoms with van der Waals surface area (Å²) >= 11 is 0. The van der Waals surface area contributed by atoms with Crippen molar-refractivity contribution in [1.82, 2.24) is 4.90 Å². The molecule has 0 aromatic heterocycles. The fourth-order valence-electron chi connectivity index (χ4n) is 7.73. The summed E-state index contributed by atoms with van der Waals surface area (Å²) in [5.74, 6) is -2.69. The zero-order valence-corrected chi connectivity index (χ0v) is 27.5. The van der Waals surface area contributed by atoms with Crippen LogP contribution in [0.1, 0.15) is 75.3 Å². The van der Waals surface area contributed by atoms with E-state index in [1.807, 2.05) is 20.0 Å². The van der Waals surface area contributed by atoms with Crippen molar-refractivity contribution >= 4 is 23.9 Å². The van der Waals surface area contributed by atoms with Crippen LogP contribution in [0, 0.1) is 6.92 Å². The molecule has 2 aromatic carbocycles. The Kier molecular flexibility index (Phi) is 8.20. The highest BCUT2D eigenvalue weighted by Gasteiger charge is 2.71. The Bertz CT molecular complexity index is 1640. The lowest BCUT2D eigenvalue weighted by Gasteiger charge is -2.61. The summed E-state index contributed by atoms with van der Waals surface area (Å²) in [5, 5.41) is 12.5. The molecule has 2 aliphatic heterocycles. The molecule has 6 atom stereocenters. The molecule has 2 aliphatic carbocycles. The summed E-state index contributed by atoms with van der Waals surface area (Å²) in [6.45, 7) is 8.78. The lowest BCUT2D eigenvalue weighted by Crippen LogP contribution is -2.74. The topological polar surface area (TPSA) is 138 Å². The van der Waals surface area contributed by atoms with Crippen LogP contribution < -0.4 is 4.74 Å². The van der Waals surface area contributed by atoms with Gasteiger partial charge in [-0.3, -0.25) is 9.59 Å². The van der Waals surface area contributed by atoms with Crippen molar-refractivity contribution < 1.29 is 48.0 Å². The maximum atomic E-state index is 14.0. The first-order valence-corrected chi connectivity index (χ1v) is 15.9. The lowest BCUT2D eigenvalue weighted by atomic mass is 9.50. The molecule has 6 rings (SSSR count). The molecule has 2 heterocycles. The molecule has 1 saturated heterocycles. The van der Waals surface area contributed by atoms with Gasteiger partial charge in [0, 0.05) is 30.5 Å². The van der Waals surface area contributed by atoms with Gasteiger partial charge in [-0.15, -0.1) is 0 Å². The monoisotopic (exact) mass is 647 g/mol. The number of aryl methyl sites for hydroxylation is 1. The largest absolute Gasteiger partial charge is 0.481 e. The number of ether oxygens (including phenoxy) is 5. The van der Waals surface area contributed by atoms with Gasteiger partial charge >= 0.3 is 23.9 Å². The molecule has 0 unspecified atom stereocenters. The first kappa shape index (κ1) is 32.7. The summed E-state index contributed by atoms with van der Waals surface area (Å²) in [7, 11) is 2.02. The third kappa shape index (κ3) is 5.59. The fourth-order valence-corrected chi connectivity index (χ4v) is 7.73. The van der Waals surface area contributed by atoms with E-state index in [4.69, 9.17) is 23.7 Å². The van der Waals surface area contributed by atoms with Gasteiger partial charge in [0.25, 0.3) is 0 Å². The molecule has 1 N–H and O–H groups in total. The van der Waals surface area contributed by atoms with Crippen molar-refractivity contribution in [2.45, 2.75) is 101 Å². The molecule has 47 heavy (non-hydrogen) atoms. The predicted molar refractivity (Wildman–Crippen MR) is 167 cm³/mol. The molecule has 0 radical (unpaired) electrons. The van der Waals surface area contributed by atoms with Crippen molar-refractivity contribution in [3.8, 4) is 5.75 Å². The molecule has 0 amide bonds. The molecule has 0 saturated carbocycles.